The topological polar surface area (TPSA) is 92.9 Å². The van der Waals surface area contributed by atoms with Gasteiger partial charge in [-0.25, -0.2) is 5.43 Å². The van der Waals surface area contributed by atoms with E-state index in [1.165, 1.54) is 7.11 Å². The molecule has 0 aliphatic heterocycles. The summed E-state index contributed by atoms with van der Waals surface area (Å²) in [6.45, 7) is 1.80. The van der Waals surface area contributed by atoms with Gasteiger partial charge in [-0.2, -0.15) is 5.10 Å². The number of methoxy groups -OCH3 is 1. The predicted molar refractivity (Wildman–Crippen MR) is 128 cm³/mol. The molecular weight excluding hydrogens is 465 g/mol. The van der Waals surface area contributed by atoms with Gasteiger partial charge in [0.05, 0.1) is 18.5 Å². The summed E-state index contributed by atoms with van der Waals surface area (Å²) in [5.41, 5.74) is 5.54. The maximum Gasteiger partial charge on any atom is 0.291 e. The summed E-state index contributed by atoms with van der Waals surface area (Å²) in [4.78, 5) is 25.4. The SMILES string of the molecule is COc1ccc(Cl)cc1NC(=O)c1oc2c(c1C)/C(=N/NC(=O)c1ccc(Cl)cc1)CCC2. The highest BCUT2D eigenvalue weighted by Crippen LogP contribution is 2.32. The van der Waals surface area contributed by atoms with E-state index in [1.54, 1.807) is 49.4 Å². The fraction of sp³-hybridized carbons (Fsp3) is 0.208. The molecule has 2 aromatic carbocycles. The molecule has 2 N–H and O–H groups in total. The zero-order valence-corrected chi connectivity index (χ0v) is 19.5. The van der Waals surface area contributed by atoms with E-state index in [2.05, 4.69) is 15.8 Å². The van der Waals surface area contributed by atoms with Crippen LogP contribution in [0.15, 0.2) is 52.0 Å². The van der Waals surface area contributed by atoms with Crippen molar-refractivity contribution in [1.82, 2.24) is 5.43 Å². The second-order valence-electron chi connectivity index (χ2n) is 7.51. The van der Waals surface area contributed by atoms with Crippen LogP contribution in [0.1, 0.15) is 50.6 Å². The van der Waals surface area contributed by atoms with Crippen LogP contribution in [0.4, 0.5) is 5.69 Å². The van der Waals surface area contributed by atoms with Crippen LogP contribution in [0.5, 0.6) is 5.75 Å². The molecule has 2 amide bonds. The van der Waals surface area contributed by atoms with Crippen molar-refractivity contribution in [3.05, 3.63) is 80.7 Å². The van der Waals surface area contributed by atoms with E-state index in [0.29, 0.717) is 56.9 Å². The van der Waals surface area contributed by atoms with Crippen LogP contribution in [0.3, 0.4) is 0 Å². The first-order valence-corrected chi connectivity index (χ1v) is 11.0. The third-order valence-electron chi connectivity index (χ3n) is 5.34. The van der Waals surface area contributed by atoms with Crippen molar-refractivity contribution in [2.75, 3.05) is 12.4 Å². The number of fused-ring (bicyclic) bond motifs is 1. The maximum absolute atomic E-state index is 13.0. The third kappa shape index (κ3) is 4.89. The normalized spacial score (nSPS) is 14.0. The average molecular weight is 486 g/mol. The number of furan rings is 1. The number of anilines is 1. The Hall–Kier alpha value is -3.29. The molecule has 0 atom stereocenters. The van der Waals surface area contributed by atoms with Gasteiger partial charge in [-0.1, -0.05) is 23.2 Å². The van der Waals surface area contributed by atoms with Gasteiger partial charge >= 0.3 is 0 Å². The quantitative estimate of drug-likeness (QED) is 0.458. The van der Waals surface area contributed by atoms with Gasteiger partial charge in [0.15, 0.2) is 5.76 Å². The smallest absolute Gasteiger partial charge is 0.291 e. The van der Waals surface area contributed by atoms with Gasteiger partial charge < -0.3 is 14.5 Å². The second kappa shape index (κ2) is 9.68. The number of benzene rings is 2. The number of carbonyl (C=O) groups is 2. The fourth-order valence-corrected chi connectivity index (χ4v) is 4.04. The minimum atomic E-state index is -0.424. The molecule has 0 radical (unpaired) electrons. The number of amides is 2. The minimum absolute atomic E-state index is 0.181. The lowest BCUT2D eigenvalue weighted by Crippen LogP contribution is -2.22. The standard InChI is InChI=1S/C24H21Cl2N3O4/c1-13-21-17(28-29-23(30)14-6-8-15(25)9-7-14)4-3-5-20(21)33-22(13)24(31)27-18-12-16(26)10-11-19(18)32-2/h6-12H,3-5H2,1-2H3,(H,27,31)(H,29,30)/b28-17+. The Morgan fingerprint density at radius 2 is 1.76 bits per heavy atom. The summed E-state index contributed by atoms with van der Waals surface area (Å²) in [6, 6.07) is 11.5. The second-order valence-corrected chi connectivity index (χ2v) is 8.39. The summed E-state index contributed by atoms with van der Waals surface area (Å²) in [6.07, 6.45) is 2.12. The first kappa shape index (κ1) is 22.9. The Morgan fingerprint density at radius 3 is 2.48 bits per heavy atom. The van der Waals surface area contributed by atoms with E-state index in [9.17, 15) is 9.59 Å². The van der Waals surface area contributed by atoms with Crippen LogP contribution in [-0.4, -0.2) is 24.6 Å². The molecule has 0 unspecified atom stereocenters. The molecule has 0 saturated heterocycles. The van der Waals surface area contributed by atoms with E-state index in [-0.39, 0.29) is 11.7 Å². The molecule has 4 rings (SSSR count). The molecule has 1 aliphatic carbocycles. The Labute approximate surface area is 200 Å². The highest BCUT2D eigenvalue weighted by molar-refractivity contribution is 6.31. The van der Waals surface area contributed by atoms with Gasteiger partial charge in [0.25, 0.3) is 11.8 Å². The number of aryl methyl sites for hydroxylation is 1. The highest BCUT2D eigenvalue weighted by Gasteiger charge is 2.28. The average Bonchev–Trinajstić information content (AvgIpc) is 3.15. The summed E-state index contributed by atoms with van der Waals surface area (Å²) in [5.74, 6) is 0.557. The number of nitrogens with zero attached hydrogens (tertiary/aromatic N) is 1. The lowest BCUT2D eigenvalue weighted by molar-refractivity contribution is 0.0953. The summed E-state index contributed by atoms with van der Waals surface area (Å²) < 4.78 is 11.2. The zero-order valence-electron chi connectivity index (χ0n) is 18.0. The number of carbonyl (C=O) groups excluding carboxylic acids is 2. The number of hydrazone groups is 1. The van der Waals surface area contributed by atoms with Crippen molar-refractivity contribution in [2.24, 2.45) is 5.10 Å². The van der Waals surface area contributed by atoms with Crippen LogP contribution in [0.25, 0.3) is 0 Å². The molecule has 0 bridgehead atoms. The summed E-state index contributed by atoms with van der Waals surface area (Å²) in [5, 5.41) is 8.14. The first-order valence-electron chi connectivity index (χ1n) is 10.3. The Bertz CT molecular complexity index is 1250. The van der Waals surface area contributed by atoms with Crippen molar-refractivity contribution in [3.63, 3.8) is 0 Å². The first-order chi connectivity index (χ1) is 15.9. The van der Waals surface area contributed by atoms with Gasteiger partial charge in [0.2, 0.25) is 0 Å². The molecule has 9 heteroatoms. The molecule has 0 spiro atoms. The molecule has 1 heterocycles. The summed E-state index contributed by atoms with van der Waals surface area (Å²) >= 11 is 11.9. The van der Waals surface area contributed by atoms with Crippen LogP contribution >= 0.6 is 23.2 Å². The predicted octanol–water partition coefficient (Wildman–Crippen LogP) is 5.63. The number of nitrogens with one attached hydrogen (secondary N) is 2. The van der Waals surface area contributed by atoms with Crippen molar-refractivity contribution in [1.29, 1.82) is 0 Å². The van der Waals surface area contributed by atoms with E-state index in [4.69, 9.17) is 32.4 Å². The largest absolute Gasteiger partial charge is 0.495 e. The van der Waals surface area contributed by atoms with Crippen molar-refractivity contribution in [3.8, 4) is 5.75 Å². The molecule has 33 heavy (non-hydrogen) atoms. The van der Waals surface area contributed by atoms with Crippen molar-refractivity contribution >= 4 is 46.4 Å². The molecule has 0 saturated carbocycles. The Kier molecular flexibility index (Phi) is 6.72. The molecular formula is C24H21Cl2N3O4. The van der Waals surface area contributed by atoms with E-state index in [0.717, 1.165) is 12.0 Å². The highest BCUT2D eigenvalue weighted by atomic mass is 35.5. The zero-order chi connectivity index (χ0) is 23.5. The Morgan fingerprint density at radius 1 is 1.03 bits per heavy atom. The van der Waals surface area contributed by atoms with Gasteiger partial charge in [-0.15, -0.1) is 0 Å². The monoisotopic (exact) mass is 485 g/mol. The number of ether oxygens (including phenoxy) is 1. The van der Waals surface area contributed by atoms with Gasteiger partial charge in [0.1, 0.15) is 11.5 Å². The summed E-state index contributed by atoms with van der Waals surface area (Å²) in [7, 11) is 1.51. The van der Waals surface area contributed by atoms with Crippen LogP contribution in [-0.2, 0) is 6.42 Å². The number of hydrogen-bond acceptors (Lipinski definition) is 5. The molecule has 0 fully saturated rings. The lowest BCUT2D eigenvalue weighted by atomic mass is 9.93. The van der Waals surface area contributed by atoms with E-state index in [1.807, 2.05) is 0 Å². The third-order valence-corrected chi connectivity index (χ3v) is 5.83. The molecule has 7 nitrogen and oxygen atoms in total. The fourth-order valence-electron chi connectivity index (χ4n) is 3.74. The van der Waals surface area contributed by atoms with Gasteiger partial charge in [-0.05, 0) is 62.2 Å². The van der Waals surface area contributed by atoms with E-state index >= 15 is 0 Å². The van der Waals surface area contributed by atoms with Crippen molar-refractivity contribution < 1.29 is 18.7 Å². The number of rotatable bonds is 5. The Balaban J connectivity index is 1.58. The molecule has 170 valence electrons. The van der Waals surface area contributed by atoms with Crippen molar-refractivity contribution in [2.45, 2.75) is 26.2 Å². The van der Waals surface area contributed by atoms with E-state index < -0.39 is 5.91 Å². The molecule has 3 aromatic rings. The number of halogens is 2. The molecule has 1 aliphatic rings. The van der Waals surface area contributed by atoms with Gasteiger partial charge in [-0.3, -0.25) is 9.59 Å². The minimum Gasteiger partial charge on any atom is -0.495 e. The van der Waals surface area contributed by atoms with Crippen LogP contribution in [0, 0.1) is 6.92 Å². The lowest BCUT2D eigenvalue weighted by Gasteiger charge is -2.13. The molecule has 1 aromatic heterocycles. The van der Waals surface area contributed by atoms with Gasteiger partial charge in [0, 0.05) is 33.2 Å². The van der Waals surface area contributed by atoms with Crippen LogP contribution < -0.4 is 15.5 Å². The number of hydrogen-bond donors (Lipinski definition) is 2. The maximum atomic E-state index is 13.0. The van der Waals surface area contributed by atoms with Crippen LogP contribution in [0.2, 0.25) is 10.0 Å².